The van der Waals surface area contributed by atoms with Gasteiger partial charge in [0, 0.05) is 10.9 Å². The van der Waals surface area contributed by atoms with Gasteiger partial charge < -0.3 is 5.73 Å². The number of likely N-dealkylation sites (tertiary alicyclic amines) is 1. The van der Waals surface area contributed by atoms with Crippen LogP contribution < -0.4 is 5.73 Å². The first-order chi connectivity index (χ1) is 10.2. The minimum atomic E-state index is 0.255. The fourth-order valence-corrected chi connectivity index (χ4v) is 4.84. The van der Waals surface area contributed by atoms with Crippen molar-refractivity contribution in [1.29, 1.82) is 0 Å². The van der Waals surface area contributed by atoms with Crippen molar-refractivity contribution in [3.05, 3.63) is 21.9 Å². The molecule has 0 bridgehead atoms. The molecule has 1 aromatic rings. The molecule has 3 unspecified atom stereocenters. The van der Waals surface area contributed by atoms with Gasteiger partial charge in [-0.2, -0.15) is 0 Å². The third kappa shape index (κ3) is 4.30. The molecule has 2 N–H and O–H groups in total. The zero-order valence-electron chi connectivity index (χ0n) is 14.0. The van der Waals surface area contributed by atoms with E-state index >= 15 is 0 Å². The van der Waals surface area contributed by atoms with E-state index < -0.39 is 0 Å². The van der Waals surface area contributed by atoms with Crippen LogP contribution in [0.5, 0.6) is 0 Å². The van der Waals surface area contributed by atoms with Gasteiger partial charge in [0.1, 0.15) is 0 Å². The highest BCUT2D eigenvalue weighted by Crippen LogP contribution is 2.34. The zero-order chi connectivity index (χ0) is 15.2. The summed E-state index contributed by atoms with van der Waals surface area (Å²) in [5, 5.41) is 2.22. The van der Waals surface area contributed by atoms with Crippen molar-refractivity contribution in [2.24, 2.45) is 11.7 Å². The number of nitrogens with zero attached hydrogens (tertiary/aromatic N) is 1. The molecule has 2 heterocycles. The summed E-state index contributed by atoms with van der Waals surface area (Å²) in [4.78, 5) is 4.18. The van der Waals surface area contributed by atoms with Gasteiger partial charge in [-0.1, -0.05) is 26.7 Å². The van der Waals surface area contributed by atoms with Crippen molar-refractivity contribution in [2.45, 2.75) is 71.4 Å². The van der Waals surface area contributed by atoms with E-state index in [0.29, 0.717) is 6.04 Å². The Kier molecular flexibility index (Phi) is 6.72. The van der Waals surface area contributed by atoms with Crippen LogP contribution in [0.4, 0.5) is 0 Å². The SMILES string of the molecule is CCCC1CCCN(C(c2sccc2C)C(N)CC)CC1. The average Bonchev–Trinajstić information content (AvgIpc) is 2.76. The predicted octanol–water partition coefficient (Wildman–Crippen LogP) is 4.74. The van der Waals surface area contributed by atoms with Gasteiger partial charge in [0.15, 0.2) is 0 Å². The molecule has 0 saturated carbocycles. The van der Waals surface area contributed by atoms with Gasteiger partial charge in [-0.25, -0.2) is 0 Å². The van der Waals surface area contributed by atoms with Crippen molar-refractivity contribution in [3.8, 4) is 0 Å². The lowest BCUT2D eigenvalue weighted by Gasteiger charge is -2.34. The molecule has 0 aromatic carbocycles. The van der Waals surface area contributed by atoms with E-state index in [4.69, 9.17) is 5.73 Å². The molecular formula is C18H32N2S. The topological polar surface area (TPSA) is 29.3 Å². The van der Waals surface area contributed by atoms with Gasteiger partial charge in [0.25, 0.3) is 0 Å². The Bertz CT molecular complexity index is 415. The highest BCUT2D eigenvalue weighted by Gasteiger charge is 2.29. The zero-order valence-corrected chi connectivity index (χ0v) is 14.8. The maximum Gasteiger partial charge on any atom is 0.0596 e. The molecule has 1 aliphatic rings. The Morgan fingerprint density at radius 3 is 2.76 bits per heavy atom. The van der Waals surface area contributed by atoms with E-state index in [2.05, 4.69) is 37.1 Å². The van der Waals surface area contributed by atoms with E-state index in [1.807, 2.05) is 11.3 Å². The lowest BCUT2D eigenvalue weighted by Crippen LogP contribution is -2.41. The van der Waals surface area contributed by atoms with E-state index in [9.17, 15) is 0 Å². The number of hydrogen-bond donors (Lipinski definition) is 1. The van der Waals surface area contributed by atoms with Crippen LogP contribution in [0.15, 0.2) is 11.4 Å². The van der Waals surface area contributed by atoms with Crippen LogP contribution in [0, 0.1) is 12.8 Å². The molecule has 1 aliphatic heterocycles. The fourth-order valence-electron chi connectivity index (χ4n) is 3.70. The standard InChI is InChI=1S/C18H32N2S/c1-4-7-15-8-6-11-20(12-9-15)17(16(19)5-2)18-14(3)10-13-21-18/h10,13,15-17H,4-9,11-12,19H2,1-3H3. The smallest absolute Gasteiger partial charge is 0.0596 e. The number of hydrogen-bond acceptors (Lipinski definition) is 3. The van der Waals surface area contributed by atoms with Gasteiger partial charge in [-0.15, -0.1) is 11.3 Å². The summed E-state index contributed by atoms with van der Waals surface area (Å²) >= 11 is 1.89. The Morgan fingerprint density at radius 1 is 1.33 bits per heavy atom. The van der Waals surface area contributed by atoms with E-state index in [1.165, 1.54) is 55.6 Å². The maximum absolute atomic E-state index is 6.52. The van der Waals surface area contributed by atoms with Crippen molar-refractivity contribution in [3.63, 3.8) is 0 Å². The summed E-state index contributed by atoms with van der Waals surface area (Å²) in [6.45, 7) is 9.21. The lowest BCUT2D eigenvalue weighted by molar-refractivity contribution is 0.175. The summed E-state index contributed by atoms with van der Waals surface area (Å²) in [6, 6.07) is 2.92. The van der Waals surface area contributed by atoms with Crippen LogP contribution in [-0.4, -0.2) is 24.0 Å². The van der Waals surface area contributed by atoms with Gasteiger partial charge >= 0.3 is 0 Å². The second-order valence-electron chi connectivity index (χ2n) is 6.61. The normalized spacial score (nSPS) is 23.7. The first-order valence-corrected chi connectivity index (χ1v) is 9.58. The number of aryl methyl sites for hydroxylation is 1. The van der Waals surface area contributed by atoms with Gasteiger partial charge in [-0.05, 0) is 68.6 Å². The Hall–Kier alpha value is -0.380. The monoisotopic (exact) mass is 308 g/mol. The van der Waals surface area contributed by atoms with E-state index in [1.54, 1.807) is 0 Å². The van der Waals surface area contributed by atoms with E-state index in [-0.39, 0.29) is 6.04 Å². The number of nitrogens with two attached hydrogens (primary N) is 1. The third-order valence-corrected chi connectivity index (χ3v) is 6.11. The summed E-state index contributed by atoms with van der Waals surface area (Å²) < 4.78 is 0. The molecule has 0 amide bonds. The third-order valence-electron chi connectivity index (χ3n) is 5.02. The highest BCUT2D eigenvalue weighted by molar-refractivity contribution is 7.10. The van der Waals surface area contributed by atoms with Gasteiger partial charge in [-0.3, -0.25) is 4.90 Å². The van der Waals surface area contributed by atoms with E-state index in [0.717, 1.165) is 12.3 Å². The van der Waals surface area contributed by atoms with Crippen LogP contribution >= 0.6 is 11.3 Å². The largest absolute Gasteiger partial charge is 0.326 e. The molecule has 120 valence electrons. The van der Waals surface area contributed by atoms with Gasteiger partial charge in [0.05, 0.1) is 6.04 Å². The van der Waals surface area contributed by atoms with Crippen LogP contribution in [-0.2, 0) is 0 Å². The highest BCUT2D eigenvalue weighted by atomic mass is 32.1. The molecule has 1 aromatic heterocycles. The summed E-state index contributed by atoms with van der Waals surface area (Å²) in [6.07, 6.45) is 7.87. The van der Waals surface area contributed by atoms with Crippen LogP contribution in [0.1, 0.15) is 68.9 Å². The Labute approximate surface area is 134 Å². The lowest BCUT2D eigenvalue weighted by atomic mass is 9.96. The van der Waals surface area contributed by atoms with Crippen LogP contribution in [0.3, 0.4) is 0 Å². The van der Waals surface area contributed by atoms with Crippen molar-refractivity contribution in [1.82, 2.24) is 4.90 Å². The molecule has 2 rings (SSSR count). The Morgan fingerprint density at radius 2 is 2.14 bits per heavy atom. The summed E-state index contributed by atoms with van der Waals surface area (Å²) in [5.74, 6) is 0.933. The average molecular weight is 309 g/mol. The molecule has 0 aliphatic carbocycles. The maximum atomic E-state index is 6.52. The van der Waals surface area contributed by atoms with Gasteiger partial charge in [0.2, 0.25) is 0 Å². The first kappa shape index (κ1) is 17.0. The molecule has 3 atom stereocenters. The second kappa shape index (κ2) is 8.30. The molecule has 1 fully saturated rings. The molecule has 21 heavy (non-hydrogen) atoms. The quantitative estimate of drug-likeness (QED) is 0.822. The van der Waals surface area contributed by atoms with Crippen LogP contribution in [0.25, 0.3) is 0 Å². The first-order valence-electron chi connectivity index (χ1n) is 8.71. The molecule has 0 radical (unpaired) electrons. The van der Waals surface area contributed by atoms with Crippen molar-refractivity contribution in [2.75, 3.05) is 13.1 Å². The van der Waals surface area contributed by atoms with Crippen molar-refractivity contribution >= 4 is 11.3 Å². The molecule has 0 spiro atoms. The Balaban J connectivity index is 2.12. The summed E-state index contributed by atoms with van der Waals surface area (Å²) in [7, 11) is 0. The van der Waals surface area contributed by atoms with Crippen molar-refractivity contribution < 1.29 is 0 Å². The minimum Gasteiger partial charge on any atom is -0.326 e. The molecule has 1 saturated heterocycles. The summed E-state index contributed by atoms with van der Waals surface area (Å²) in [5.41, 5.74) is 7.94. The molecular weight excluding hydrogens is 276 g/mol. The number of thiophene rings is 1. The van der Waals surface area contributed by atoms with Crippen LogP contribution in [0.2, 0.25) is 0 Å². The fraction of sp³-hybridized carbons (Fsp3) is 0.778. The predicted molar refractivity (Wildman–Crippen MR) is 93.9 cm³/mol. The molecule has 3 heteroatoms. The minimum absolute atomic E-state index is 0.255. The number of rotatable bonds is 6. The second-order valence-corrected chi connectivity index (χ2v) is 7.55. The molecule has 2 nitrogen and oxygen atoms in total.